The van der Waals surface area contributed by atoms with Gasteiger partial charge in [0.2, 0.25) is 5.91 Å². The summed E-state index contributed by atoms with van der Waals surface area (Å²) in [5.41, 5.74) is 1.44. The number of halogens is 3. The minimum atomic E-state index is -2.96. The summed E-state index contributed by atoms with van der Waals surface area (Å²) in [6.45, 7) is -2.15. The number of amides is 1. The van der Waals surface area contributed by atoms with E-state index in [0.717, 1.165) is 24.2 Å². The first-order chi connectivity index (χ1) is 13.5. The number of para-hydroxylation sites is 1. The van der Waals surface area contributed by atoms with Crippen LogP contribution in [0.1, 0.15) is 18.4 Å². The summed E-state index contributed by atoms with van der Waals surface area (Å²) in [6, 6.07) is 12.2. The third-order valence-electron chi connectivity index (χ3n) is 4.41. The maximum absolute atomic E-state index is 12.5. The quantitative estimate of drug-likeness (QED) is 0.658. The zero-order valence-electron chi connectivity index (χ0n) is 15.3. The van der Waals surface area contributed by atoms with E-state index in [2.05, 4.69) is 15.0 Å². The number of nitrogens with zero attached hydrogens (tertiary/aromatic N) is 1. The van der Waals surface area contributed by atoms with Crippen molar-refractivity contribution < 1.29 is 23.0 Å². The molecule has 0 aliphatic heterocycles. The zero-order chi connectivity index (χ0) is 20.1. The minimum absolute atomic E-state index is 0.00571. The number of carbonyl (C=O) groups excluding carboxylic acids is 1. The van der Waals surface area contributed by atoms with Crippen LogP contribution in [0, 0.1) is 0 Å². The smallest absolute Gasteiger partial charge is 0.387 e. The molecule has 0 bridgehead atoms. The average molecular weight is 411 g/mol. The second kappa shape index (κ2) is 9.21. The summed E-state index contributed by atoms with van der Waals surface area (Å²) in [5.74, 6) is 0.445. The van der Waals surface area contributed by atoms with Gasteiger partial charge in [0.15, 0.2) is 0 Å². The number of carbonyl (C=O) groups is 1. The number of hydrogen-bond acceptors (Lipinski definition) is 4. The number of hydrogen-bond donors (Lipinski definition) is 1. The van der Waals surface area contributed by atoms with E-state index in [1.807, 2.05) is 24.3 Å². The molecule has 8 heteroatoms. The summed E-state index contributed by atoms with van der Waals surface area (Å²) in [4.78, 5) is 14.6. The molecule has 0 aromatic heterocycles. The second-order valence-corrected chi connectivity index (χ2v) is 6.93. The number of benzene rings is 2. The van der Waals surface area contributed by atoms with Gasteiger partial charge in [-0.2, -0.15) is 8.78 Å². The van der Waals surface area contributed by atoms with Crippen molar-refractivity contribution in [1.29, 1.82) is 0 Å². The third kappa shape index (κ3) is 5.56. The molecule has 0 radical (unpaired) electrons. The number of anilines is 1. The second-order valence-electron chi connectivity index (χ2n) is 6.52. The zero-order valence-corrected chi connectivity index (χ0v) is 16.1. The number of ether oxygens (including phenoxy) is 2. The fraction of sp³-hybridized carbons (Fsp3) is 0.350. The summed E-state index contributed by atoms with van der Waals surface area (Å²) >= 11 is 5.93. The molecule has 5 nitrogen and oxygen atoms in total. The molecular weight excluding hydrogens is 390 g/mol. The molecule has 28 heavy (non-hydrogen) atoms. The van der Waals surface area contributed by atoms with Crippen LogP contribution < -0.4 is 14.8 Å². The van der Waals surface area contributed by atoms with Crippen LogP contribution in [-0.4, -0.2) is 37.1 Å². The Morgan fingerprint density at radius 1 is 1.25 bits per heavy atom. The van der Waals surface area contributed by atoms with Gasteiger partial charge in [0.05, 0.1) is 18.7 Å². The van der Waals surface area contributed by atoms with Crippen LogP contribution in [0.15, 0.2) is 42.5 Å². The summed E-state index contributed by atoms with van der Waals surface area (Å²) < 4.78 is 34.3. The first-order valence-electron chi connectivity index (χ1n) is 8.86. The van der Waals surface area contributed by atoms with E-state index in [0.29, 0.717) is 18.3 Å². The van der Waals surface area contributed by atoms with Gasteiger partial charge >= 0.3 is 6.61 Å². The van der Waals surface area contributed by atoms with Crippen LogP contribution >= 0.6 is 11.6 Å². The average Bonchev–Trinajstić information content (AvgIpc) is 3.49. The Morgan fingerprint density at radius 2 is 2.00 bits per heavy atom. The van der Waals surface area contributed by atoms with E-state index in [4.69, 9.17) is 16.3 Å². The molecule has 1 aliphatic rings. The summed E-state index contributed by atoms with van der Waals surface area (Å²) in [7, 11) is 1.62. The predicted molar refractivity (Wildman–Crippen MR) is 103 cm³/mol. The standard InChI is InChI=1S/C20H21ClF2N2O3/c1-27-17-5-3-2-4-13(17)11-25(15-7-8-15)12-19(26)24-14-6-9-18(16(21)10-14)28-20(22)23/h2-6,9-10,15,20H,7-8,11-12H2,1H3,(H,24,26). The van der Waals surface area contributed by atoms with E-state index in [1.54, 1.807) is 7.11 Å². The van der Waals surface area contributed by atoms with Crippen molar-refractivity contribution in [2.75, 3.05) is 19.0 Å². The molecule has 2 aromatic carbocycles. The number of methoxy groups -OCH3 is 1. The number of rotatable bonds is 9. The highest BCUT2D eigenvalue weighted by molar-refractivity contribution is 6.32. The number of nitrogens with one attached hydrogen (secondary N) is 1. The summed E-state index contributed by atoms with van der Waals surface area (Å²) in [6.07, 6.45) is 2.10. The lowest BCUT2D eigenvalue weighted by Crippen LogP contribution is -2.34. The largest absolute Gasteiger partial charge is 0.496 e. The van der Waals surface area contributed by atoms with E-state index in [9.17, 15) is 13.6 Å². The van der Waals surface area contributed by atoms with Crippen molar-refractivity contribution >= 4 is 23.2 Å². The van der Waals surface area contributed by atoms with Gasteiger partial charge in [-0.3, -0.25) is 9.69 Å². The highest BCUT2D eigenvalue weighted by Gasteiger charge is 2.30. The highest BCUT2D eigenvalue weighted by atomic mass is 35.5. The van der Waals surface area contributed by atoms with Crippen molar-refractivity contribution in [2.24, 2.45) is 0 Å². The van der Waals surface area contributed by atoms with Gasteiger partial charge in [-0.25, -0.2) is 0 Å². The van der Waals surface area contributed by atoms with Crippen LogP contribution in [0.25, 0.3) is 0 Å². The van der Waals surface area contributed by atoms with Gasteiger partial charge in [-0.05, 0) is 37.1 Å². The van der Waals surface area contributed by atoms with Crippen LogP contribution in [-0.2, 0) is 11.3 Å². The lowest BCUT2D eigenvalue weighted by Gasteiger charge is -2.22. The lowest BCUT2D eigenvalue weighted by atomic mass is 10.2. The third-order valence-corrected chi connectivity index (χ3v) is 4.70. The molecule has 1 saturated carbocycles. The molecule has 1 N–H and O–H groups in total. The molecule has 0 heterocycles. The Labute approximate surface area is 167 Å². The fourth-order valence-electron chi connectivity index (χ4n) is 2.96. The molecule has 150 valence electrons. The van der Waals surface area contributed by atoms with E-state index in [-0.39, 0.29) is 23.2 Å². The molecule has 0 saturated heterocycles. The van der Waals surface area contributed by atoms with Crippen molar-refractivity contribution in [3.8, 4) is 11.5 Å². The Kier molecular flexibility index (Phi) is 6.70. The molecule has 1 fully saturated rings. The molecule has 3 rings (SSSR count). The van der Waals surface area contributed by atoms with Gasteiger partial charge in [-0.15, -0.1) is 0 Å². The molecule has 1 aliphatic carbocycles. The van der Waals surface area contributed by atoms with Gasteiger partial charge in [0.25, 0.3) is 0 Å². The van der Waals surface area contributed by atoms with Crippen LogP contribution in [0.3, 0.4) is 0 Å². The van der Waals surface area contributed by atoms with Crippen molar-refractivity contribution in [3.63, 3.8) is 0 Å². The van der Waals surface area contributed by atoms with E-state index >= 15 is 0 Å². The van der Waals surface area contributed by atoms with Crippen molar-refractivity contribution in [3.05, 3.63) is 53.1 Å². The lowest BCUT2D eigenvalue weighted by molar-refractivity contribution is -0.117. The van der Waals surface area contributed by atoms with Gasteiger partial charge < -0.3 is 14.8 Å². The maximum Gasteiger partial charge on any atom is 0.387 e. The summed E-state index contributed by atoms with van der Waals surface area (Å²) in [5, 5.41) is 2.76. The predicted octanol–water partition coefficient (Wildman–Crippen LogP) is 4.55. The monoisotopic (exact) mass is 410 g/mol. The Morgan fingerprint density at radius 3 is 2.64 bits per heavy atom. The highest BCUT2D eigenvalue weighted by Crippen LogP contribution is 2.31. The van der Waals surface area contributed by atoms with Gasteiger partial charge in [0, 0.05) is 23.8 Å². The maximum atomic E-state index is 12.5. The van der Waals surface area contributed by atoms with E-state index < -0.39 is 6.61 Å². The molecule has 1 amide bonds. The minimum Gasteiger partial charge on any atom is -0.496 e. The normalized spacial score (nSPS) is 13.6. The molecule has 2 aromatic rings. The SMILES string of the molecule is COc1ccccc1CN(CC(=O)Nc1ccc(OC(F)F)c(Cl)c1)C1CC1. The molecular formula is C20H21ClF2N2O3. The van der Waals surface area contributed by atoms with Crippen LogP contribution in [0.2, 0.25) is 5.02 Å². The van der Waals surface area contributed by atoms with E-state index in [1.165, 1.54) is 18.2 Å². The number of alkyl halides is 2. The molecule has 0 unspecified atom stereocenters. The van der Waals surface area contributed by atoms with Crippen LogP contribution in [0.4, 0.5) is 14.5 Å². The molecule has 0 spiro atoms. The van der Waals surface area contributed by atoms with Gasteiger partial charge in [-0.1, -0.05) is 29.8 Å². The van der Waals surface area contributed by atoms with Gasteiger partial charge in [0.1, 0.15) is 11.5 Å². The van der Waals surface area contributed by atoms with Crippen molar-refractivity contribution in [2.45, 2.75) is 32.0 Å². The fourth-order valence-corrected chi connectivity index (χ4v) is 3.19. The Hall–Kier alpha value is -2.38. The van der Waals surface area contributed by atoms with Crippen LogP contribution in [0.5, 0.6) is 11.5 Å². The Bertz CT molecular complexity index is 831. The Balaban J connectivity index is 1.63. The molecule has 0 atom stereocenters. The topological polar surface area (TPSA) is 50.8 Å². The first-order valence-corrected chi connectivity index (χ1v) is 9.24. The van der Waals surface area contributed by atoms with Crippen molar-refractivity contribution in [1.82, 2.24) is 4.90 Å². The first kappa shape index (κ1) is 20.4.